The molecule has 136 valence electrons. The van der Waals surface area contributed by atoms with E-state index < -0.39 is 4.92 Å². The molecule has 0 aromatic heterocycles. The molecule has 1 aliphatic heterocycles. The summed E-state index contributed by atoms with van der Waals surface area (Å²) in [5.74, 6) is -0.661. The van der Waals surface area contributed by atoms with E-state index in [1.54, 1.807) is 17.0 Å². The number of nitro groups is 1. The topological polar surface area (TPSA) is 93.0 Å². The minimum Gasteiger partial charge on any atom is -0.468 e. The van der Waals surface area contributed by atoms with Crippen LogP contribution in [0.2, 0.25) is 0 Å². The molecule has 1 saturated heterocycles. The van der Waals surface area contributed by atoms with Crippen LogP contribution in [0.25, 0.3) is 0 Å². The number of nitro benzene ring substituents is 1. The molecule has 1 aliphatic rings. The predicted molar refractivity (Wildman–Crippen MR) is 93.9 cm³/mol. The van der Waals surface area contributed by atoms with E-state index in [0.717, 1.165) is 4.90 Å². The second kappa shape index (κ2) is 8.82. The monoisotopic (exact) mass is 367 g/mol. The number of methoxy groups -OCH3 is 1. The summed E-state index contributed by atoms with van der Waals surface area (Å²) in [4.78, 5) is 39.3. The van der Waals surface area contributed by atoms with Gasteiger partial charge in [-0.1, -0.05) is 0 Å². The molecule has 9 heteroatoms. The summed E-state index contributed by atoms with van der Waals surface area (Å²) in [5.41, 5.74) is -0.0725. The summed E-state index contributed by atoms with van der Waals surface area (Å²) in [6.45, 7) is 2.29. The third-order valence-corrected chi connectivity index (χ3v) is 4.81. The molecule has 2 rings (SSSR count). The second-order valence-corrected chi connectivity index (χ2v) is 6.52. The van der Waals surface area contributed by atoms with E-state index in [0.29, 0.717) is 32.6 Å². The molecule has 1 amide bonds. The van der Waals surface area contributed by atoms with Crippen LogP contribution in [0.5, 0.6) is 0 Å². The van der Waals surface area contributed by atoms with Crippen molar-refractivity contribution in [1.29, 1.82) is 0 Å². The van der Waals surface area contributed by atoms with Crippen molar-refractivity contribution in [2.75, 3.05) is 46.1 Å². The maximum Gasteiger partial charge on any atom is 0.319 e. The number of carbonyl (C=O) groups is 2. The normalized spacial score (nSPS) is 15.5. The van der Waals surface area contributed by atoms with Gasteiger partial charge in [-0.2, -0.15) is 0 Å². The number of esters is 1. The molecule has 0 spiro atoms. The first-order valence-corrected chi connectivity index (χ1v) is 9.09. The molecule has 8 nitrogen and oxygen atoms in total. The van der Waals surface area contributed by atoms with Crippen molar-refractivity contribution in [3.05, 3.63) is 33.9 Å². The third-order valence-electron chi connectivity index (χ3n) is 4.09. The Morgan fingerprint density at radius 1 is 1.28 bits per heavy atom. The van der Waals surface area contributed by atoms with E-state index in [4.69, 9.17) is 0 Å². The van der Waals surface area contributed by atoms with Crippen molar-refractivity contribution in [1.82, 2.24) is 9.80 Å². The van der Waals surface area contributed by atoms with Crippen LogP contribution in [0.15, 0.2) is 23.1 Å². The van der Waals surface area contributed by atoms with Crippen LogP contribution in [0, 0.1) is 10.1 Å². The average molecular weight is 367 g/mol. The molecule has 0 aliphatic carbocycles. The van der Waals surface area contributed by atoms with Gasteiger partial charge in [-0.25, -0.2) is 0 Å². The van der Waals surface area contributed by atoms with Crippen molar-refractivity contribution >= 4 is 29.3 Å². The van der Waals surface area contributed by atoms with Crippen LogP contribution in [0.3, 0.4) is 0 Å². The maximum atomic E-state index is 12.8. The zero-order valence-electron chi connectivity index (χ0n) is 14.3. The Bertz CT molecular complexity index is 667. The Morgan fingerprint density at radius 3 is 2.68 bits per heavy atom. The lowest BCUT2D eigenvalue weighted by atomic mass is 10.1. The number of thioether (sulfide) groups is 1. The minimum absolute atomic E-state index is 0.110. The Balaban J connectivity index is 2.15. The molecule has 1 heterocycles. The smallest absolute Gasteiger partial charge is 0.319 e. The number of hydrogen-bond acceptors (Lipinski definition) is 7. The summed E-state index contributed by atoms with van der Waals surface area (Å²) in [6.07, 6.45) is 2.55. The number of benzene rings is 1. The van der Waals surface area contributed by atoms with E-state index in [2.05, 4.69) is 4.74 Å². The first-order valence-electron chi connectivity index (χ1n) is 7.87. The van der Waals surface area contributed by atoms with Gasteiger partial charge >= 0.3 is 5.97 Å². The van der Waals surface area contributed by atoms with E-state index >= 15 is 0 Å². The van der Waals surface area contributed by atoms with Gasteiger partial charge in [-0.15, -0.1) is 11.8 Å². The number of rotatable bonds is 5. The lowest BCUT2D eigenvalue weighted by Gasteiger charge is -2.21. The van der Waals surface area contributed by atoms with Gasteiger partial charge in [0.15, 0.2) is 0 Å². The summed E-state index contributed by atoms with van der Waals surface area (Å²) in [7, 11) is 1.34. The van der Waals surface area contributed by atoms with Crippen molar-refractivity contribution in [2.45, 2.75) is 11.3 Å². The first kappa shape index (κ1) is 19.2. The largest absolute Gasteiger partial charge is 0.468 e. The zero-order valence-corrected chi connectivity index (χ0v) is 15.1. The number of ether oxygens (including phenoxy) is 1. The predicted octanol–water partition coefficient (Wildman–Crippen LogP) is 1.64. The number of amides is 1. The van der Waals surface area contributed by atoms with Crippen LogP contribution >= 0.6 is 11.8 Å². The highest BCUT2D eigenvalue weighted by Gasteiger charge is 2.27. The van der Waals surface area contributed by atoms with Crippen molar-refractivity contribution in [3.63, 3.8) is 0 Å². The van der Waals surface area contributed by atoms with Crippen LogP contribution < -0.4 is 0 Å². The molecule has 25 heavy (non-hydrogen) atoms. The lowest BCUT2D eigenvalue weighted by Crippen LogP contribution is -2.37. The van der Waals surface area contributed by atoms with Gasteiger partial charge in [0.2, 0.25) is 0 Å². The molecule has 0 saturated carbocycles. The van der Waals surface area contributed by atoms with Crippen molar-refractivity contribution in [2.24, 2.45) is 0 Å². The number of carbonyl (C=O) groups excluding carboxylic acids is 2. The second-order valence-electron chi connectivity index (χ2n) is 5.64. The molecule has 0 bridgehead atoms. The van der Waals surface area contributed by atoms with Crippen LogP contribution in [0.4, 0.5) is 5.69 Å². The maximum absolute atomic E-state index is 12.8. The highest BCUT2D eigenvalue weighted by atomic mass is 32.2. The fraction of sp³-hybridized carbons (Fsp3) is 0.500. The average Bonchev–Trinajstić information content (AvgIpc) is 2.85. The summed E-state index contributed by atoms with van der Waals surface area (Å²) >= 11 is 1.43. The Labute approximate surface area is 150 Å². The zero-order chi connectivity index (χ0) is 18.4. The van der Waals surface area contributed by atoms with Gasteiger partial charge in [-0.3, -0.25) is 24.6 Å². The molecule has 0 N–H and O–H groups in total. The molecule has 0 radical (unpaired) electrons. The van der Waals surface area contributed by atoms with E-state index in [1.165, 1.54) is 24.9 Å². The van der Waals surface area contributed by atoms with Gasteiger partial charge in [0.25, 0.3) is 11.6 Å². The molecule has 1 fully saturated rings. The van der Waals surface area contributed by atoms with Crippen LogP contribution in [-0.2, 0) is 9.53 Å². The van der Waals surface area contributed by atoms with Crippen molar-refractivity contribution in [3.8, 4) is 0 Å². The summed E-state index contributed by atoms with van der Waals surface area (Å²) < 4.78 is 4.67. The van der Waals surface area contributed by atoms with E-state index in [-0.39, 0.29) is 29.7 Å². The van der Waals surface area contributed by atoms with E-state index in [1.807, 2.05) is 11.2 Å². The van der Waals surface area contributed by atoms with E-state index in [9.17, 15) is 19.7 Å². The molecule has 1 aromatic carbocycles. The van der Waals surface area contributed by atoms with Crippen molar-refractivity contribution < 1.29 is 19.2 Å². The Kier molecular flexibility index (Phi) is 6.77. The molecular formula is C16H21N3O5S. The standard InChI is InChI=1S/C16H21N3O5S/c1-24-15(20)11-17-6-3-7-18(9-8-17)16(21)13-10-12(25-2)4-5-14(13)19(22)23/h4-5,10H,3,6-9,11H2,1-2H3. The fourth-order valence-corrected chi connectivity index (χ4v) is 3.16. The molecular weight excluding hydrogens is 346 g/mol. The van der Waals surface area contributed by atoms with Gasteiger partial charge in [0, 0.05) is 37.1 Å². The quantitative estimate of drug-likeness (QED) is 0.338. The molecule has 1 aromatic rings. The van der Waals surface area contributed by atoms with Crippen LogP contribution in [0.1, 0.15) is 16.8 Å². The minimum atomic E-state index is -0.529. The molecule has 0 unspecified atom stereocenters. The number of hydrogen-bond donors (Lipinski definition) is 0. The van der Waals surface area contributed by atoms with Gasteiger partial charge in [-0.05, 0) is 24.8 Å². The summed E-state index contributed by atoms with van der Waals surface area (Å²) in [5, 5.41) is 11.3. The highest BCUT2D eigenvalue weighted by Crippen LogP contribution is 2.26. The van der Waals surface area contributed by atoms with Gasteiger partial charge < -0.3 is 9.64 Å². The van der Waals surface area contributed by atoms with Gasteiger partial charge in [0.1, 0.15) is 5.56 Å². The fourth-order valence-electron chi connectivity index (χ4n) is 2.72. The lowest BCUT2D eigenvalue weighted by molar-refractivity contribution is -0.385. The summed E-state index contributed by atoms with van der Waals surface area (Å²) in [6, 6.07) is 4.59. The third kappa shape index (κ3) is 4.93. The Hall–Kier alpha value is -2.13. The van der Waals surface area contributed by atoms with Gasteiger partial charge in [0.05, 0.1) is 18.6 Å². The van der Waals surface area contributed by atoms with Crippen LogP contribution in [-0.4, -0.2) is 72.7 Å². The first-order chi connectivity index (χ1) is 12.0. The number of nitrogens with zero attached hydrogens (tertiary/aromatic N) is 3. The Morgan fingerprint density at radius 2 is 2.04 bits per heavy atom. The SMILES string of the molecule is COC(=O)CN1CCCN(C(=O)c2cc(SC)ccc2[N+](=O)[O-])CC1. The highest BCUT2D eigenvalue weighted by molar-refractivity contribution is 7.98. The molecule has 0 atom stereocenters.